The fourth-order valence-electron chi connectivity index (χ4n) is 3.38. The van der Waals surface area contributed by atoms with Crippen molar-refractivity contribution in [2.75, 3.05) is 10.6 Å². The highest BCUT2D eigenvalue weighted by atomic mass is 35.5. The maximum atomic E-state index is 6.08. The Morgan fingerprint density at radius 1 is 1.04 bits per heavy atom. The summed E-state index contributed by atoms with van der Waals surface area (Å²) in [6, 6.07) is 7.60. The van der Waals surface area contributed by atoms with Gasteiger partial charge in [-0.1, -0.05) is 42.5 Å². The van der Waals surface area contributed by atoms with Gasteiger partial charge in [0.1, 0.15) is 5.82 Å². The molecule has 1 aliphatic rings. The van der Waals surface area contributed by atoms with Crippen molar-refractivity contribution in [3.05, 3.63) is 53.0 Å². The standard InChI is InChI=1S/C20H20Cl2N4O/c21-14-8-15(22)10-17(9-14)25-20-23-11-18(13-6-7-27-12-13)19(26-20)24-16-4-2-1-3-5-16/h6-12,16H,1-5H2,(H2,23,24,25,26). The molecule has 3 aromatic rings. The van der Waals surface area contributed by atoms with Crippen LogP contribution in [-0.4, -0.2) is 16.0 Å². The molecule has 140 valence electrons. The molecule has 2 aromatic heterocycles. The van der Waals surface area contributed by atoms with Crippen LogP contribution in [0, 0.1) is 0 Å². The Balaban J connectivity index is 1.64. The van der Waals surface area contributed by atoms with E-state index in [9.17, 15) is 0 Å². The van der Waals surface area contributed by atoms with Gasteiger partial charge in [-0.05, 0) is 37.1 Å². The number of hydrogen-bond donors (Lipinski definition) is 2. The van der Waals surface area contributed by atoms with E-state index in [2.05, 4.69) is 15.6 Å². The molecule has 0 aliphatic heterocycles. The lowest BCUT2D eigenvalue weighted by atomic mass is 9.95. The Hall–Kier alpha value is -2.24. The van der Waals surface area contributed by atoms with Gasteiger partial charge in [0.25, 0.3) is 0 Å². The molecule has 1 fully saturated rings. The van der Waals surface area contributed by atoms with Crippen LogP contribution >= 0.6 is 23.2 Å². The van der Waals surface area contributed by atoms with Gasteiger partial charge in [0, 0.05) is 39.1 Å². The molecule has 0 saturated heterocycles. The molecule has 0 unspecified atom stereocenters. The number of halogens is 2. The van der Waals surface area contributed by atoms with E-state index in [1.807, 2.05) is 6.07 Å². The third-order valence-electron chi connectivity index (χ3n) is 4.69. The first-order chi connectivity index (χ1) is 13.2. The van der Waals surface area contributed by atoms with E-state index in [1.165, 1.54) is 19.3 Å². The van der Waals surface area contributed by atoms with Gasteiger partial charge >= 0.3 is 0 Å². The number of hydrogen-bond acceptors (Lipinski definition) is 5. The Kier molecular flexibility index (Phi) is 5.50. The molecule has 1 aliphatic carbocycles. The molecule has 2 heterocycles. The lowest BCUT2D eigenvalue weighted by Gasteiger charge is -2.24. The van der Waals surface area contributed by atoms with Crippen molar-refractivity contribution < 1.29 is 4.42 Å². The van der Waals surface area contributed by atoms with Crippen LogP contribution in [0.15, 0.2) is 47.4 Å². The van der Waals surface area contributed by atoms with Gasteiger partial charge in [-0.15, -0.1) is 0 Å². The second kappa shape index (κ2) is 8.19. The highest BCUT2D eigenvalue weighted by Crippen LogP contribution is 2.31. The molecular weight excluding hydrogens is 383 g/mol. The zero-order valence-corrected chi connectivity index (χ0v) is 16.2. The number of furan rings is 1. The summed E-state index contributed by atoms with van der Waals surface area (Å²) >= 11 is 12.2. The van der Waals surface area contributed by atoms with Gasteiger partial charge in [-0.25, -0.2) is 4.98 Å². The Labute approximate surface area is 168 Å². The van der Waals surface area contributed by atoms with Gasteiger partial charge in [0.2, 0.25) is 5.95 Å². The molecule has 7 heteroatoms. The second-order valence-corrected chi connectivity index (χ2v) is 7.60. The highest BCUT2D eigenvalue weighted by molar-refractivity contribution is 6.35. The third kappa shape index (κ3) is 4.54. The van der Waals surface area contributed by atoms with Gasteiger partial charge in [0.05, 0.1) is 12.5 Å². The molecule has 1 saturated carbocycles. The van der Waals surface area contributed by atoms with Gasteiger partial charge < -0.3 is 15.1 Å². The Morgan fingerprint density at radius 2 is 1.81 bits per heavy atom. The summed E-state index contributed by atoms with van der Waals surface area (Å²) in [6.07, 6.45) is 11.3. The topological polar surface area (TPSA) is 63.0 Å². The van der Waals surface area contributed by atoms with Gasteiger partial charge in [-0.2, -0.15) is 4.98 Å². The van der Waals surface area contributed by atoms with E-state index in [4.69, 9.17) is 32.6 Å². The van der Waals surface area contributed by atoms with Crippen LogP contribution in [0.3, 0.4) is 0 Å². The molecule has 0 amide bonds. The van der Waals surface area contributed by atoms with Crippen molar-refractivity contribution in [1.82, 2.24) is 9.97 Å². The molecule has 4 rings (SSSR count). The summed E-state index contributed by atoms with van der Waals surface area (Å²) in [5.74, 6) is 1.29. The van der Waals surface area contributed by atoms with Crippen LogP contribution < -0.4 is 10.6 Å². The first-order valence-electron chi connectivity index (χ1n) is 9.06. The zero-order valence-electron chi connectivity index (χ0n) is 14.7. The van der Waals surface area contributed by atoms with Crippen LogP contribution in [0.25, 0.3) is 11.1 Å². The molecule has 0 atom stereocenters. The molecule has 27 heavy (non-hydrogen) atoms. The SMILES string of the molecule is Clc1cc(Cl)cc(Nc2ncc(-c3ccoc3)c(NC3CCCCC3)n2)c1. The molecule has 0 spiro atoms. The van der Waals surface area contributed by atoms with Crippen molar-refractivity contribution in [3.8, 4) is 11.1 Å². The van der Waals surface area contributed by atoms with Gasteiger partial charge in [0.15, 0.2) is 0 Å². The number of nitrogens with one attached hydrogen (secondary N) is 2. The minimum Gasteiger partial charge on any atom is -0.472 e. The average molecular weight is 403 g/mol. The average Bonchev–Trinajstić information content (AvgIpc) is 3.16. The van der Waals surface area contributed by atoms with Crippen LogP contribution in [-0.2, 0) is 0 Å². The fraction of sp³-hybridized carbons (Fsp3) is 0.300. The van der Waals surface area contributed by atoms with E-state index in [0.29, 0.717) is 22.0 Å². The monoisotopic (exact) mass is 402 g/mol. The van der Waals surface area contributed by atoms with Crippen molar-refractivity contribution in [3.63, 3.8) is 0 Å². The number of anilines is 3. The summed E-state index contributed by atoms with van der Waals surface area (Å²) in [4.78, 5) is 9.17. The van der Waals surface area contributed by atoms with E-state index in [1.54, 1.807) is 36.9 Å². The quantitative estimate of drug-likeness (QED) is 0.507. The number of benzene rings is 1. The van der Waals surface area contributed by atoms with Crippen molar-refractivity contribution in [2.24, 2.45) is 0 Å². The first kappa shape index (κ1) is 18.1. The Bertz CT molecular complexity index is 888. The normalized spacial score (nSPS) is 14.9. The van der Waals surface area contributed by atoms with E-state index < -0.39 is 0 Å². The number of nitrogens with zero attached hydrogens (tertiary/aromatic N) is 2. The summed E-state index contributed by atoms with van der Waals surface area (Å²) in [6.45, 7) is 0. The maximum Gasteiger partial charge on any atom is 0.229 e. The number of aromatic nitrogens is 2. The van der Waals surface area contributed by atoms with Crippen LogP contribution in [0.5, 0.6) is 0 Å². The summed E-state index contributed by atoms with van der Waals surface area (Å²) < 4.78 is 5.24. The van der Waals surface area contributed by atoms with Crippen molar-refractivity contribution in [2.45, 2.75) is 38.1 Å². The fourth-order valence-corrected chi connectivity index (χ4v) is 3.90. The van der Waals surface area contributed by atoms with Crippen molar-refractivity contribution in [1.29, 1.82) is 0 Å². The predicted octanol–water partition coefficient (Wildman–Crippen LogP) is 6.53. The van der Waals surface area contributed by atoms with Crippen LogP contribution in [0.2, 0.25) is 10.0 Å². The van der Waals surface area contributed by atoms with Crippen molar-refractivity contribution >= 4 is 40.7 Å². The lowest BCUT2D eigenvalue weighted by Crippen LogP contribution is -2.23. The predicted molar refractivity (Wildman–Crippen MR) is 110 cm³/mol. The molecule has 5 nitrogen and oxygen atoms in total. The largest absolute Gasteiger partial charge is 0.472 e. The van der Waals surface area contributed by atoms with Crippen LogP contribution in [0.4, 0.5) is 17.5 Å². The second-order valence-electron chi connectivity index (χ2n) is 6.73. The number of rotatable bonds is 5. The molecule has 2 N–H and O–H groups in total. The third-order valence-corrected chi connectivity index (χ3v) is 5.12. The van der Waals surface area contributed by atoms with E-state index in [-0.39, 0.29) is 0 Å². The highest BCUT2D eigenvalue weighted by Gasteiger charge is 2.17. The molecular formula is C20H20Cl2N4O. The van der Waals surface area contributed by atoms with Gasteiger partial charge in [-0.3, -0.25) is 0 Å². The minimum atomic E-state index is 0.424. The van der Waals surface area contributed by atoms with Crippen LogP contribution in [0.1, 0.15) is 32.1 Å². The maximum absolute atomic E-state index is 6.08. The Morgan fingerprint density at radius 3 is 2.52 bits per heavy atom. The summed E-state index contributed by atoms with van der Waals surface area (Å²) in [5.41, 5.74) is 2.61. The first-order valence-corrected chi connectivity index (χ1v) is 9.82. The van der Waals surface area contributed by atoms with E-state index >= 15 is 0 Å². The zero-order chi connectivity index (χ0) is 18.6. The summed E-state index contributed by atoms with van der Waals surface area (Å²) in [7, 11) is 0. The summed E-state index contributed by atoms with van der Waals surface area (Å²) in [5, 5.41) is 7.90. The molecule has 1 aromatic carbocycles. The molecule has 0 radical (unpaired) electrons. The smallest absolute Gasteiger partial charge is 0.229 e. The molecule has 0 bridgehead atoms. The van der Waals surface area contributed by atoms with E-state index in [0.717, 1.165) is 35.5 Å². The lowest BCUT2D eigenvalue weighted by molar-refractivity contribution is 0.462. The minimum absolute atomic E-state index is 0.424.